The van der Waals surface area contributed by atoms with E-state index in [0.29, 0.717) is 0 Å². The van der Waals surface area contributed by atoms with E-state index in [0.717, 1.165) is 34.1 Å². The van der Waals surface area contributed by atoms with Crippen molar-refractivity contribution >= 4 is 89.8 Å². The Hall–Kier alpha value is -7.69. The summed E-state index contributed by atoms with van der Waals surface area (Å²) in [6, 6.07) is 52.6. The maximum atomic E-state index is 7.56. The first-order valence-corrected chi connectivity index (χ1v) is 29.1. The molecule has 11 aromatic rings. The van der Waals surface area contributed by atoms with Crippen molar-refractivity contribution in [3.8, 4) is 56.6 Å². The van der Waals surface area contributed by atoms with Crippen molar-refractivity contribution in [3.63, 3.8) is 0 Å². The number of aryl methyl sites for hydroxylation is 4. The van der Waals surface area contributed by atoms with Crippen LogP contribution in [0.5, 0.6) is 23.0 Å². The molecular formula is C74H70B2N2O2. The van der Waals surface area contributed by atoms with Crippen LogP contribution in [0.25, 0.3) is 77.2 Å². The first-order valence-electron chi connectivity index (χ1n) is 29.1. The highest BCUT2D eigenvalue weighted by molar-refractivity contribution is 7.02. The maximum Gasteiger partial charge on any atom is 0.256 e. The fourth-order valence-corrected chi connectivity index (χ4v) is 14.3. The van der Waals surface area contributed by atoms with Gasteiger partial charge >= 0.3 is 0 Å². The molecule has 9 aromatic carbocycles. The highest BCUT2D eigenvalue weighted by atomic mass is 16.5. The number of aromatic nitrogens is 2. The van der Waals surface area contributed by atoms with Crippen LogP contribution < -0.4 is 42.3 Å². The average molecular weight is 1040 g/mol. The summed E-state index contributed by atoms with van der Waals surface area (Å²) in [5.41, 5.74) is 29.6. The van der Waals surface area contributed by atoms with Gasteiger partial charge in [0.1, 0.15) is 23.0 Å². The lowest BCUT2D eigenvalue weighted by atomic mass is 9.31. The molecule has 0 unspecified atom stereocenters. The van der Waals surface area contributed by atoms with Gasteiger partial charge in [0.15, 0.2) is 0 Å². The van der Waals surface area contributed by atoms with E-state index in [1.54, 1.807) is 0 Å². The lowest BCUT2D eigenvalue weighted by Gasteiger charge is -2.38. The smallest absolute Gasteiger partial charge is 0.256 e. The first kappa shape index (κ1) is 49.4. The van der Waals surface area contributed by atoms with Crippen molar-refractivity contribution < 1.29 is 9.47 Å². The molecule has 0 fully saturated rings. The van der Waals surface area contributed by atoms with Crippen molar-refractivity contribution in [1.82, 2.24) is 9.13 Å². The molecule has 0 saturated heterocycles. The molecule has 0 radical (unpaired) electrons. The Balaban J connectivity index is 1.06. The van der Waals surface area contributed by atoms with Crippen LogP contribution in [-0.4, -0.2) is 22.6 Å². The fourth-order valence-electron chi connectivity index (χ4n) is 14.3. The zero-order chi connectivity index (χ0) is 55.8. The predicted molar refractivity (Wildman–Crippen MR) is 342 cm³/mol. The zero-order valence-electron chi connectivity index (χ0n) is 49.6. The standard InChI is InChI=1S/C74H70B2N2O2/c1-39-17-19-41(3)49(25-39)43-27-61-67-65(29-43)79-63-38-64-56(37-55(63)75(67)57-35-47(73(11,12)13)33-53-51-31-45(71(5,6)7)21-23-59(51)77(61)69(53)57)76-58-36-48(74(14,15)16)34-54-52-32-46(72(8,9)10)22-24-60(52)78(70(54)58)62-28-44(30-66(80-64)68(62)76)50-26-40(2)18-20-42(50)4/h17-38H,1-16H3. The Morgan fingerprint density at radius 3 is 1.11 bits per heavy atom. The molecule has 4 nitrogen and oxygen atoms in total. The second-order valence-corrected chi connectivity index (χ2v) is 28.5. The molecule has 0 amide bonds. The van der Waals surface area contributed by atoms with E-state index >= 15 is 0 Å². The second-order valence-electron chi connectivity index (χ2n) is 28.5. The second kappa shape index (κ2) is 16.0. The van der Waals surface area contributed by atoms with E-state index in [2.05, 4.69) is 253 Å². The van der Waals surface area contributed by atoms with Gasteiger partial charge in [0.25, 0.3) is 13.4 Å². The van der Waals surface area contributed by atoms with E-state index in [-0.39, 0.29) is 35.1 Å². The summed E-state index contributed by atoms with van der Waals surface area (Å²) in [5, 5.41) is 5.20. The van der Waals surface area contributed by atoms with Crippen LogP contribution in [0.2, 0.25) is 0 Å². The Labute approximate surface area is 472 Å². The van der Waals surface area contributed by atoms with E-state index in [1.165, 1.54) is 143 Å². The number of nitrogens with zero attached hydrogens (tertiary/aromatic N) is 2. The SMILES string of the molecule is Cc1ccc(C)c(-c2cc3c4c(c2)-n2c5ccc(C(C)(C)C)cc5c5cc(C(C)(C)C)cc(c52)B4c2cc4c(cc2O3)Oc2cc(-c3cc(C)ccc3C)cc3c2B4c2cc(C(C)(C)C)cc4c5cc(C(C)(C)C)ccc5n-3c24)c1. The van der Waals surface area contributed by atoms with Gasteiger partial charge in [-0.2, -0.15) is 0 Å². The van der Waals surface area contributed by atoms with Crippen LogP contribution in [0.4, 0.5) is 0 Å². The highest BCUT2D eigenvalue weighted by Gasteiger charge is 2.47. The fraction of sp³-hybridized carbons (Fsp3) is 0.270. The summed E-state index contributed by atoms with van der Waals surface area (Å²) in [7, 11) is 0. The lowest BCUT2D eigenvalue weighted by molar-refractivity contribution is 0.465. The predicted octanol–water partition coefficient (Wildman–Crippen LogP) is 15.5. The number of hydrogen-bond acceptors (Lipinski definition) is 2. The molecule has 0 bridgehead atoms. The van der Waals surface area contributed by atoms with E-state index in [4.69, 9.17) is 9.47 Å². The molecule has 4 aliphatic heterocycles. The molecule has 0 saturated carbocycles. The normalized spacial score (nSPS) is 14.2. The third kappa shape index (κ3) is 6.96. The van der Waals surface area contributed by atoms with Gasteiger partial charge in [-0.15, -0.1) is 0 Å². The molecule has 6 heterocycles. The van der Waals surface area contributed by atoms with Gasteiger partial charge in [-0.25, -0.2) is 0 Å². The van der Waals surface area contributed by atoms with Crippen LogP contribution in [-0.2, 0) is 21.7 Å². The summed E-state index contributed by atoms with van der Waals surface area (Å²) in [4.78, 5) is 0. The van der Waals surface area contributed by atoms with Crippen molar-refractivity contribution in [2.75, 3.05) is 0 Å². The molecule has 0 spiro atoms. The summed E-state index contributed by atoms with van der Waals surface area (Å²) >= 11 is 0. The largest absolute Gasteiger partial charge is 0.458 e. The molecule has 2 aromatic heterocycles. The van der Waals surface area contributed by atoms with E-state index in [9.17, 15) is 0 Å². The van der Waals surface area contributed by atoms with Crippen LogP contribution in [0, 0.1) is 27.7 Å². The van der Waals surface area contributed by atoms with Crippen molar-refractivity contribution in [3.05, 3.63) is 178 Å². The third-order valence-electron chi connectivity index (χ3n) is 18.8. The highest BCUT2D eigenvalue weighted by Crippen LogP contribution is 2.47. The van der Waals surface area contributed by atoms with Crippen LogP contribution >= 0.6 is 0 Å². The third-order valence-corrected chi connectivity index (χ3v) is 18.8. The number of ether oxygens (including phenoxy) is 2. The summed E-state index contributed by atoms with van der Waals surface area (Å²) in [6.07, 6.45) is 0. The molecule has 4 aliphatic rings. The van der Waals surface area contributed by atoms with Crippen LogP contribution in [0.3, 0.4) is 0 Å². The van der Waals surface area contributed by atoms with Gasteiger partial charge in [0, 0.05) is 50.0 Å². The monoisotopic (exact) mass is 1040 g/mol. The molecular weight excluding hydrogens is 970 g/mol. The average Bonchev–Trinajstić information content (AvgIpc) is 3.42. The minimum absolute atomic E-state index is 0.0198. The van der Waals surface area contributed by atoms with Gasteiger partial charge < -0.3 is 18.6 Å². The van der Waals surface area contributed by atoms with Gasteiger partial charge in [-0.05, 0) is 198 Å². The minimum atomic E-state index is -0.121. The number of fused-ring (bicyclic) bond motifs is 14. The summed E-state index contributed by atoms with van der Waals surface area (Å²) in [6.45, 7) is 36.8. The van der Waals surface area contributed by atoms with Crippen LogP contribution in [0.15, 0.2) is 133 Å². The van der Waals surface area contributed by atoms with Gasteiger partial charge in [-0.3, -0.25) is 0 Å². The number of benzene rings is 9. The Bertz CT molecular complexity index is 4340. The van der Waals surface area contributed by atoms with Gasteiger partial charge in [0.05, 0.1) is 11.0 Å². The molecule has 6 heteroatoms. The molecule has 80 heavy (non-hydrogen) atoms. The molecule has 15 rings (SSSR count). The van der Waals surface area contributed by atoms with Gasteiger partial charge in [-0.1, -0.05) is 161 Å². The van der Waals surface area contributed by atoms with E-state index in [1.807, 2.05) is 0 Å². The lowest BCUT2D eigenvalue weighted by Crippen LogP contribution is -2.62. The quantitative estimate of drug-likeness (QED) is 0.161. The molecule has 394 valence electrons. The Kier molecular flexibility index (Phi) is 9.89. The van der Waals surface area contributed by atoms with Gasteiger partial charge in [0.2, 0.25) is 0 Å². The summed E-state index contributed by atoms with van der Waals surface area (Å²) < 4.78 is 20.3. The van der Waals surface area contributed by atoms with Crippen molar-refractivity contribution in [2.24, 2.45) is 0 Å². The molecule has 0 N–H and O–H groups in total. The number of rotatable bonds is 2. The van der Waals surface area contributed by atoms with Crippen molar-refractivity contribution in [2.45, 2.75) is 132 Å². The number of hydrogen-bond donors (Lipinski definition) is 0. The maximum absolute atomic E-state index is 7.56. The minimum Gasteiger partial charge on any atom is -0.458 e. The summed E-state index contributed by atoms with van der Waals surface area (Å²) in [5.74, 6) is 3.50. The Morgan fingerprint density at radius 2 is 0.725 bits per heavy atom. The Morgan fingerprint density at radius 1 is 0.338 bits per heavy atom. The first-order chi connectivity index (χ1) is 37.8. The topological polar surface area (TPSA) is 28.3 Å². The zero-order valence-corrected chi connectivity index (χ0v) is 49.6. The van der Waals surface area contributed by atoms with Crippen molar-refractivity contribution in [1.29, 1.82) is 0 Å². The molecule has 0 atom stereocenters. The van der Waals surface area contributed by atoms with Crippen LogP contribution in [0.1, 0.15) is 128 Å². The van der Waals surface area contributed by atoms with E-state index < -0.39 is 0 Å². The molecule has 0 aliphatic carbocycles.